The molecule has 1 fully saturated rings. The summed E-state index contributed by atoms with van der Waals surface area (Å²) in [7, 11) is 0. The first-order chi connectivity index (χ1) is 5.57. The molecule has 12 heavy (non-hydrogen) atoms. The molecule has 0 aromatic carbocycles. The minimum Gasteiger partial charge on any atom is -0.394 e. The van der Waals surface area contributed by atoms with Crippen LogP contribution in [-0.2, 0) is 4.74 Å². The second kappa shape index (κ2) is 3.91. The van der Waals surface area contributed by atoms with Crippen LogP contribution in [0.5, 0.6) is 0 Å². The van der Waals surface area contributed by atoms with Crippen LogP contribution in [0.3, 0.4) is 0 Å². The van der Waals surface area contributed by atoms with Gasteiger partial charge < -0.3 is 25.2 Å². The van der Waals surface area contributed by atoms with E-state index in [1.165, 1.54) is 0 Å². The van der Waals surface area contributed by atoms with Crippen LogP contribution >= 0.6 is 12.6 Å². The lowest BCUT2D eigenvalue weighted by Crippen LogP contribution is -2.56. The number of aliphatic hydroxyl groups is 4. The molecule has 0 aromatic heterocycles. The zero-order valence-corrected chi connectivity index (χ0v) is 7.13. The van der Waals surface area contributed by atoms with Gasteiger partial charge in [0.05, 0.1) is 18.0 Å². The van der Waals surface area contributed by atoms with Crippen molar-refractivity contribution >= 4 is 12.6 Å². The number of aliphatic hydroxyl groups excluding tert-OH is 4. The van der Waals surface area contributed by atoms with Crippen LogP contribution in [-0.4, -0.2) is 56.9 Å². The minimum absolute atomic E-state index is 0.449. The maximum absolute atomic E-state index is 9.24. The normalized spacial score (nSPS) is 49.2. The molecule has 1 aliphatic rings. The average Bonchev–Trinajstić information content (AvgIpc) is 2.08. The molecule has 4 N–H and O–H groups in total. The van der Waals surface area contributed by atoms with Gasteiger partial charge in [-0.2, -0.15) is 12.6 Å². The van der Waals surface area contributed by atoms with Crippen molar-refractivity contribution in [3.05, 3.63) is 0 Å². The lowest BCUT2D eigenvalue weighted by molar-refractivity contribution is -0.234. The summed E-state index contributed by atoms with van der Waals surface area (Å²) in [5.74, 6) is 0. The fourth-order valence-corrected chi connectivity index (χ4v) is 1.33. The van der Waals surface area contributed by atoms with Gasteiger partial charge in [0.1, 0.15) is 12.2 Å². The van der Waals surface area contributed by atoms with E-state index in [0.717, 1.165) is 0 Å². The van der Waals surface area contributed by atoms with E-state index in [2.05, 4.69) is 12.6 Å². The van der Waals surface area contributed by atoms with Gasteiger partial charge in [0.25, 0.3) is 0 Å². The van der Waals surface area contributed by atoms with Crippen LogP contribution in [0, 0.1) is 0 Å². The monoisotopic (exact) mass is 196 g/mol. The lowest BCUT2D eigenvalue weighted by atomic mass is 10.0. The summed E-state index contributed by atoms with van der Waals surface area (Å²) >= 11 is 3.82. The van der Waals surface area contributed by atoms with E-state index in [1.54, 1.807) is 0 Å². The predicted octanol–water partition coefficient (Wildman–Crippen LogP) is -2.28. The smallest absolute Gasteiger partial charge is 0.169 e. The van der Waals surface area contributed by atoms with E-state index in [-0.39, 0.29) is 0 Å². The molecule has 5 nitrogen and oxygen atoms in total. The molecule has 1 saturated heterocycles. The Bertz CT molecular complexity index is 150. The molecule has 6 heteroatoms. The van der Waals surface area contributed by atoms with Crippen molar-refractivity contribution in [1.29, 1.82) is 0 Å². The standard InChI is InChI=1S/C6H12O5S/c7-1-2-3(8)4(9)5(12)6(10)11-2/h2-10,12H,1H2/t2-,3-,4+,5+,6-/m1/s1. The van der Waals surface area contributed by atoms with Gasteiger partial charge in [-0.1, -0.05) is 0 Å². The first-order valence-electron chi connectivity index (χ1n) is 3.56. The van der Waals surface area contributed by atoms with Gasteiger partial charge in [-0.3, -0.25) is 0 Å². The van der Waals surface area contributed by atoms with Crippen molar-refractivity contribution in [2.75, 3.05) is 6.61 Å². The Morgan fingerprint density at radius 1 is 1.17 bits per heavy atom. The topological polar surface area (TPSA) is 90.2 Å². The zero-order valence-electron chi connectivity index (χ0n) is 6.24. The van der Waals surface area contributed by atoms with E-state index >= 15 is 0 Å². The first kappa shape index (κ1) is 10.2. The van der Waals surface area contributed by atoms with Crippen LogP contribution in [0.1, 0.15) is 0 Å². The van der Waals surface area contributed by atoms with Gasteiger partial charge in [0.15, 0.2) is 6.29 Å². The Labute approximate surface area is 75.0 Å². The maximum atomic E-state index is 9.24. The second-order valence-electron chi connectivity index (χ2n) is 2.72. The Hall–Kier alpha value is 0.150. The third kappa shape index (κ3) is 1.73. The van der Waals surface area contributed by atoms with Gasteiger partial charge in [0, 0.05) is 0 Å². The third-order valence-electron chi connectivity index (χ3n) is 1.87. The molecule has 0 bridgehead atoms. The van der Waals surface area contributed by atoms with Crippen molar-refractivity contribution in [2.24, 2.45) is 0 Å². The van der Waals surface area contributed by atoms with E-state index < -0.39 is 36.5 Å². The summed E-state index contributed by atoms with van der Waals surface area (Å²) in [6.07, 6.45) is -4.60. The predicted molar refractivity (Wildman–Crippen MR) is 42.8 cm³/mol. The summed E-state index contributed by atoms with van der Waals surface area (Å²) in [6.45, 7) is -0.449. The highest BCUT2D eigenvalue weighted by atomic mass is 32.1. The van der Waals surface area contributed by atoms with Crippen molar-refractivity contribution in [2.45, 2.75) is 29.9 Å². The fourth-order valence-electron chi connectivity index (χ4n) is 1.08. The van der Waals surface area contributed by atoms with E-state index in [9.17, 15) is 10.2 Å². The van der Waals surface area contributed by atoms with Gasteiger partial charge in [-0.25, -0.2) is 0 Å². The number of hydrogen-bond donors (Lipinski definition) is 5. The molecular weight excluding hydrogens is 184 g/mol. The molecule has 1 heterocycles. The average molecular weight is 196 g/mol. The van der Waals surface area contributed by atoms with Crippen molar-refractivity contribution in [1.82, 2.24) is 0 Å². The Morgan fingerprint density at radius 2 is 1.75 bits per heavy atom. The summed E-state index contributed by atoms with van der Waals surface area (Å²) in [5, 5.41) is 35.4. The number of rotatable bonds is 1. The molecule has 0 saturated carbocycles. The van der Waals surface area contributed by atoms with Gasteiger partial charge in [-0.05, 0) is 0 Å². The van der Waals surface area contributed by atoms with Crippen molar-refractivity contribution < 1.29 is 25.2 Å². The number of hydrogen-bond acceptors (Lipinski definition) is 6. The molecule has 1 rings (SSSR count). The van der Waals surface area contributed by atoms with Gasteiger partial charge >= 0.3 is 0 Å². The summed E-state index contributed by atoms with van der Waals surface area (Å²) in [6, 6.07) is 0. The Balaban J connectivity index is 2.63. The number of ether oxygens (including phenoxy) is 1. The summed E-state index contributed by atoms with van der Waals surface area (Å²) < 4.78 is 4.75. The molecule has 0 unspecified atom stereocenters. The second-order valence-corrected chi connectivity index (χ2v) is 3.32. The molecule has 5 atom stereocenters. The highest BCUT2D eigenvalue weighted by Gasteiger charge is 2.41. The summed E-state index contributed by atoms with van der Waals surface area (Å²) in [4.78, 5) is 0. The fraction of sp³-hybridized carbons (Fsp3) is 1.00. The molecule has 0 aromatic rings. The molecule has 0 aliphatic carbocycles. The van der Waals surface area contributed by atoms with E-state index in [4.69, 9.17) is 14.9 Å². The lowest BCUT2D eigenvalue weighted by Gasteiger charge is -2.37. The highest BCUT2D eigenvalue weighted by Crippen LogP contribution is 2.22. The summed E-state index contributed by atoms with van der Waals surface area (Å²) in [5.41, 5.74) is 0. The first-order valence-corrected chi connectivity index (χ1v) is 4.08. The Kier molecular flexibility index (Phi) is 3.33. The zero-order chi connectivity index (χ0) is 9.30. The molecule has 0 amide bonds. The van der Waals surface area contributed by atoms with Crippen LogP contribution < -0.4 is 0 Å². The third-order valence-corrected chi connectivity index (χ3v) is 2.43. The molecule has 72 valence electrons. The largest absolute Gasteiger partial charge is 0.394 e. The highest BCUT2D eigenvalue weighted by molar-refractivity contribution is 7.81. The quantitative estimate of drug-likeness (QED) is 0.305. The van der Waals surface area contributed by atoms with Crippen LogP contribution in [0.4, 0.5) is 0 Å². The molecular formula is C6H12O5S. The van der Waals surface area contributed by atoms with E-state index in [1.807, 2.05) is 0 Å². The Morgan fingerprint density at radius 3 is 2.25 bits per heavy atom. The molecule has 0 radical (unpaired) electrons. The van der Waals surface area contributed by atoms with E-state index in [0.29, 0.717) is 0 Å². The minimum atomic E-state index is -1.26. The van der Waals surface area contributed by atoms with Crippen LogP contribution in [0.15, 0.2) is 0 Å². The molecule has 0 spiro atoms. The van der Waals surface area contributed by atoms with Gasteiger partial charge in [0.2, 0.25) is 0 Å². The number of thiol groups is 1. The van der Waals surface area contributed by atoms with Crippen molar-refractivity contribution in [3.8, 4) is 0 Å². The van der Waals surface area contributed by atoms with Crippen LogP contribution in [0.25, 0.3) is 0 Å². The SMILES string of the molecule is OC[C@H]1O[C@@H](O)[C@@H](S)[C@@H](O)[C@@H]1O. The van der Waals surface area contributed by atoms with Gasteiger partial charge in [-0.15, -0.1) is 0 Å². The maximum Gasteiger partial charge on any atom is 0.169 e. The van der Waals surface area contributed by atoms with Crippen molar-refractivity contribution in [3.63, 3.8) is 0 Å². The molecule has 1 aliphatic heterocycles. The van der Waals surface area contributed by atoms with Crippen LogP contribution in [0.2, 0.25) is 0 Å².